The van der Waals surface area contributed by atoms with Crippen LogP contribution in [0.2, 0.25) is 10.3 Å². The standard InChI is InChI=1S/C10H14Cl2N4O/c1-3-13-4-6(2)10(17)16-7-8(11)14-5-15-9(7)12/h5-6,13H,3-4H2,1-2H3,(H,16,17). The quantitative estimate of drug-likeness (QED) is 0.807. The zero-order valence-electron chi connectivity index (χ0n) is 9.63. The van der Waals surface area contributed by atoms with E-state index in [1.165, 1.54) is 6.33 Å². The van der Waals surface area contributed by atoms with E-state index in [2.05, 4.69) is 20.6 Å². The summed E-state index contributed by atoms with van der Waals surface area (Å²) in [7, 11) is 0. The molecule has 0 saturated heterocycles. The van der Waals surface area contributed by atoms with Gasteiger partial charge in [0.2, 0.25) is 5.91 Å². The van der Waals surface area contributed by atoms with Gasteiger partial charge in [0, 0.05) is 12.5 Å². The van der Waals surface area contributed by atoms with E-state index < -0.39 is 0 Å². The molecular weight excluding hydrogens is 263 g/mol. The highest BCUT2D eigenvalue weighted by Crippen LogP contribution is 2.25. The number of carbonyl (C=O) groups excluding carboxylic acids is 1. The van der Waals surface area contributed by atoms with Crippen LogP contribution in [-0.4, -0.2) is 29.0 Å². The number of carbonyl (C=O) groups is 1. The van der Waals surface area contributed by atoms with Crippen molar-refractivity contribution in [3.63, 3.8) is 0 Å². The van der Waals surface area contributed by atoms with Crippen molar-refractivity contribution in [1.29, 1.82) is 0 Å². The first kappa shape index (κ1) is 14.2. The third-order valence-corrected chi connectivity index (χ3v) is 2.72. The highest BCUT2D eigenvalue weighted by molar-refractivity contribution is 6.38. The summed E-state index contributed by atoms with van der Waals surface area (Å²) < 4.78 is 0. The summed E-state index contributed by atoms with van der Waals surface area (Å²) in [6.45, 7) is 5.19. The molecule has 1 unspecified atom stereocenters. The molecule has 1 aromatic heterocycles. The molecule has 2 N–H and O–H groups in total. The summed E-state index contributed by atoms with van der Waals surface area (Å²) in [5.41, 5.74) is 0.254. The van der Waals surface area contributed by atoms with Crippen molar-refractivity contribution in [3.05, 3.63) is 16.6 Å². The maximum absolute atomic E-state index is 11.8. The number of aromatic nitrogens is 2. The van der Waals surface area contributed by atoms with E-state index in [9.17, 15) is 4.79 Å². The highest BCUT2D eigenvalue weighted by atomic mass is 35.5. The molecule has 1 heterocycles. The molecule has 5 nitrogen and oxygen atoms in total. The number of amides is 1. The zero-order valence-corrected chi connectivity index (χ0v) is 11.1. The third-order valence-electron chi connectivity index (χ3n) is 2.15. The predicted molar refractivity (Wildman–Crippen MR) is 68.4 cm³/mol. The van der Waals surface area contributed by atoms with Gasteiger partial charge in [-0.2, -0.15) is 0 Å². The van der Waals surface area contributed by atoms with Crippen LogP contribution in [0.4, 0.5) is 5.69 Å². The van der Waals surface area contributed by atoms with Gasteiger partial charge in [-0.15, -0.1) is 0 Å². The second-order valence-electron chi connectivity index (χ2n) is 3.53. The molecule has 0 fully saturated rings. The number of nitrogens with zero attached hydrogens (tertiary/aromatic N) is 2. The van der Waals surface area contributed by atoms with E-state index in [1.54, 1.807) is 0 Å². The van der Waals surface area contributed by atoms with Crippen molar-refractivity contribution in [1.82, 2.24) is 15.3 Å². The van der Waals surface area contributed by atoms with Crippen LogP contribution in [0.15, 0.2) is 6.33 Å². The fourth-order valence-electron chi connectivity index (χ4n) is 1.15. The smallest absolute Gasteiger partial charge is 0.228 e. The largest absolute Gasteiger partial charge is 0.321 e. The number of hydrogen-bond donors (Lipinski definition) is 2. The Bertz CT molecular complexity index is 380. The molecule has 0 bridgehead atoms. The van der Waals surface area contributed by atoms with E-state index in [4.69, 9.17) is 23.2 Å². The average molecular weight is 277 g/mol. The molecule has 0 aromatic carbocycles. The minimum atomic E-state index is -0.192. The average Bonchev–Trinajstić information content (AvgIpc) is 2.30. The van der Waals surface area contributed by atoms with E-state index >= 15 is 0 Å². The van der Waals surface area contributed by atoms with E-state index in [0.29, 0.717) is 6.54 Å². The first-order chi connectivity index (χ1) is 8.06. The van der Waals surface area contributed by atoms with E-state index in [0.717, 1.165) is 6.54 Å². The van der Waals surface area contributed by atoms with Crippen LogP contribution in [-0.2, 0) is 4.79 Å². The zero-order chi connectivity index (χ0) is 12.8. The number of anilines is 1. The lowest BCUT2D eigenvalue weighted by Crippen LogP contribution is -2.30. The molecule has 1 amide bonds. The Balaban J connectivity index is 2.68. The minimum Gasteiger partial charge on any atom is -0.321 e. The highest BCUT2D eigenvalue weighted by Gasteiger charge is 2.16. The van der Waals surface area contributed by atoms with Gasteiger partial charge in [0.05, 0.1) is 0 Å². The molecule has 1 rings (SSSR count). The number of rotatable bonds is 5. The summed E-state index contributed by atoms with van der Waals surface area (Å²) in [4.78, 5) is 19.3. The fourth-order valence-corrected chi connectivity index (χ4v) is 1.56. The van der Waals surface area contributed by atoms with Crippen molar-refractivity contribution < 1.29 is 4.79 Å². The SMILES string of the molecule is CCNCC(C)C(=O)Nc1c(Cl)ncnc1Cl. The van der Waals surface area contributed by atoms with Crippen LogP contribution in [0.1, 0.15) is 13.8 Å². The summed E-state index contributed by atoms with van der Waals surface area (Å²) >= 11 is 11.6. The molecule has 0 saturated carbocycles. The minimum absolute atomic E-state index is 0.133. The lowest BCUT2D eigenvalue weighted by molar-refractivity contribution is -0.119. The van der Waals surface area contributed by atoms with Gasteiger partial charge in [0.15, 0.2) is 10.3 Å². The Morgan fingerprint density at radius 3 is 2.53 bits per heavy atom. The van der Waals surface area contributed by atoms with Crippen molar-refractivity contribution >= 4 is 34.8 Å². The molecule has 0 spiro atoms. The van der Waals surface area contributed by atoms with E-state index in [-0.39, 0.29) is 27.8 Å². The van der Waals surface area contributed by atoms with Crippen LogP contribution in [0.3, 0.4) is 0 Å². The van der Waals surface area contributed by atoms with Gasteiger partial charge in [-0.25, -0.2) is 9.97 Å². The normalized spacial score (nSPS) is 12.2. The van der Waals surface area contributed by atoms with E-state index in [1.807, 2.05) is 13.8 Å². The van der Waals surface area contributed by atoms with Crippen LogP contribution in [0, 0.1) is 5.92 Å². The summed E-state index contributed by atoms with van der Waals surface area (Å²) in [5.74, 6) is -0.369. The monoisotopic (exact) mass is 276 g/mol. The first-order valence-electron chi connectivity index (χ1n) is 5.23. The number of nitrogens with one attached hydrogen (secondary N) is 2. The van der Waals surface area contributed by atoms with Crippen LogP contribution >= 0.6 is 23.2 Å². The lowest BCUT2D eigenvalue weighted by Gasteiger charge is -2.13. The molecule has 1 aromatic rings. The molecule has 0 radical (unpaired) electrons. The van der Waals surface area contributed by atoms with Crippen LogP contribution in [0.25, 0.3) is 0 Å². The van der Waals surface area contributed by atoms with Gasteiger partial charge in [-0.05, 0) is 6.54 Å². The Kier molecular flexibility index (Phi) is 5.61. The maximum Gasteiger partial charge on any atom is 0.228 e. The van der Waals surface area contributed by atoms with Crippen molar-refractivity contribution in [2.24, 2.45) is 5.92 Å². The molecule has 7 heteroatoms. The second-order valence-corrected chi connectivity index (χ2v) is 4.24. The van der Waals surface area contributed by atoms with Gasteiger partial charge >= 0.3 is 0 Å². The Labute approximate surface area is 110 Å². The van der Waals surface area contributed by atoms with Gasteiger partial charge < -0.3 is 10.6 Å². The lowest BCUT2D eigenvalue weighted by atomic mass is 10.1. The molecule has 0 aliphatic carbocycles. The Hall–Kier alpha value is -0.910. The maximum atomic E-state index is 11.8. The van der Waals surface area contributed by atoms with Crippen LogP contribution in [0.5, 0.6) is 0 Å². The predicted octanol–water partition coefficient (Wildman–Crippen LogP) is 1.97. The van der Waals surface area contributed by atoms with Crippen molar-refractivity contribution in [2.75, 3.05) is 18.4 Å². The molecule has 0 aliphatic heterocycles. The Morgan fingerprint density at radius 2 is 2.00 bits per heavy atom. The summed E-state index contributed by atoms with van der Waals surface area (Å²) in [6, 6.07) is 0. The summed E-state index contributed by atoms with van der Waals surface area (Å²) in [6.07, 6.45) is 1.24. The van der Waals surface area contributed by atoms with Crippen molar-refractivity contribution in [3.8, 4) is 0 Å². The van der Waals surface area contributed by atoms with Crippen LogP contribution < -0.4 is 10.6 Å². The molecule has 0 aliphatic rings. The second kappa shape index (κ2) is 6.74. The molecule has 17 heavy (non-hydrogen) atoms. The molecular formula is C10H14Cl2N4O. The topological polar surface area (TPSA) is 66.9 Å². The number of halogens is 2. The van der Waals surface area contributed by atoms with Gasteiger partial charge in [0.25, 0.3) is 0 Å². The first-order valence-corrected chi connectivity index (χ1v) is 5.99. The van der Waals surface area contributed by atoms with Gasteiger partial charge in [-0.3, -0.25) is 4.79 Å². The van der Waals surface area contributed by atoms with Crippen molar-refractivity contribution in [2.45, 2.75) is 13.8 Å². The third kappa shape index (κ3) is 4.11. The Morgan fingerprint density at radius 1 is 1.41 bits per heavy atom. The fraction of sp³-hybridized carbons (Fsp3) is 0.500. The van der Waals surface area contributed by atoms with Gasteiger partial charge in [0.1, 0.15) is 12.0 Å². The molecule has 94 valence electrons. The molecule has 1 atom stereocenters. The number of hydrogen-bond acceptors (Lipinski definition) is 4. The summed E-state index contributed by atoms with van der Waals surface area (Å²) in [5, 5.41) is 5.97. The van der Waals surface area contributed by atoms with Gasteiger partial charge in [-0.1, -0.05) is 37.0 Å².